The minimum Gasteiger partial charge on any atom is -0.361 e. The number of aromatic nitrogens is 1. The molecule has 1 aromatic carbocycles. The molecule has 118 valence electrons. The molecule has 3 N–H and O–H groups in total. The number of H-pyrrole nitrogens is 1. The van der Waals surface area contributed by atoms with Crippen molar-refractivity contribution < 1.29 is 13.2 Å². The highest BCUT2D eigenvalue weighted by Gasteiger charge is 2.28. The third-order valence-electron chi connectivity index (χ3n) is 3.92. The molecule has 1 fully saturated rings. The zero-order valence-electron chi connectivity index (χ0n) is 12.1. The largest absolute Gasteiger partial charge is 0.361 e. The van der Waals surface area contributed by atoms with Crippen molar-refractivity contribution in [1.29, 1.82) is 0 Å². The molecule has 1 saturated heterocycles. The standard InChI is InChI=1S/C15H19N3O3S/c19-15(18-12-6-8-22(20,21)10-12)16-7-5-11-9-17-14-4-2-1-3-13(11)14/h1-4,9,12,17H,5-8,10H2,(H2,16,18,19). The molecule has 0 aliphatic carbocycles. The van der Waals surface area contributed by atoms with Crippen LogP contribution < -0.4 is 10.6 Å². The van der Waals surface area contributed by atoms with Gasteiger partial charge in [0, 0.05) is 29.7 Å². The Labute approximate surface area is 129 Å². The highest BCUT2D eigenvalue weighted by Crippen LogP contribution is 2.17. The van der Waals surface area contributed by atoms with E-state index in [1.807, 2.05) is 30.5 Å². The molecule has 1 aliphatic rings. The number of sulfone groups is 1. The van der Waals surface area contributed by atoms with Crippen molar-refractivity contribution in [2.75, 3.05) is 18.1 Å². The van der Waals surface area contributed by atoms with Crippen LogP contribution in [0.3, 0.4) is 0 Å². The molecule has 1 unspecified atom stereocenters. The minimum absolute atomic E-state index is 0.0445. The predicted molar refractivity (Wildman–Crippen MR) is 85.6 cm³/mol. The van der Waals surface area contributed by atoms with Crippen LogP contribution in [0.15, 0.2) is 30.5 Å². The van der Waals surface area contributed by atoms with Gasteiger partial charge < -0.3 is 15.6 Å². The molecule has 3 rings (SSSR count). The van der Waals surface area contributed by atoms with E-state index in [1.54, 1.807) is 0 Å². The Morgan fingerprint density at radius 1 is 1.32 bits per heavy atom. The molecule has 0 radical (unpaired) electrons. The van der Waals surface area contributed by atoms with Crippen molar-refractivity contribution >= 4 is 26.8 Å². The maximum absolute atomic E-state index is 11.8. The minimum atomic E-state index is -2.97. The normalized spacial score (nSPS) is 20.1. The summed E-state index contributed by atoms with van der Waals surface area (Å²) >= 11 is 0. The monoisotopic (exact) mass is 321 g/mol. The van der Waals surface area contributed by atoms with E-state index >= 15 is 0 Å². The maximum Gasteiger partial charge on any atom is 0.315 e. The van der Waals surface area contributed by atoms with Gasteiger partial charge in [0.1, 0.15) is 0 Å². The van der Waals surface area contributed by atoms with E-state index in [0.717, 1.165) is 22.9 Å². The van der Waals surface area contributed by atoms with E-state index in [-0.39, 0.29) is 23.6 Å². The number of benzene rings is 1. The van der Waals surface area contributed by atoms with Gasteiger partial charge in [-0.15, -0.1) is 0 Å². The van der Waals surface area contributed by atoms with Gasteiger partial charge in [-0.1, -0.05) is 18.2 Å². The molecule has 7 heteroatoms. The van der Waals surface area contributed by atoms with Crippen molar-refractivity contribution in [3.05, 3.63) is 36.0 Å². The van der Waals surface area contributed by atoms with Crippen LogP contribution in [-0.4, -0.2) is 43.5 Å². The highest BCUT2D eigenvalue weighted by molar-refractivity contribution is 7.91. The molecule has 0 saturated carbocycles. The van der Waals surface area contributed by atoms with Gasteiger partial charge in [0.25, 0.3) is 0 Å². The van der Waals surface area contributed by atoms with Crippen LogP contribution in [0.2, 0.25) is 0 Å². The first-order chi connectivity index (χ1) is 10.5. The van der Waals surface area contributed by atoms with Crippen LogP contribution >= 0.6 is 0 Å². The molecule has 1 aliphatic heterocycles. The van der Waals surface area contributed by atoms with Crippen molar-refractivity contribution in [3.63, 3.8) is 0 Å². The van der Waals surface area contributed by atoms with Gasteiger partial charge in [-0.2, -0.15) is 0 Å². The lowest BCUT2D eigenvalue weighted by atomic mass is 10.1. The molecule has 0 bridgehead atoms. The summed E-state index contributed by atoms with van der Waals surface area (Å²) in [6.07, 6.45) is 3.17. The van der Waals surface area contributed by atoms with Crippen LogP contribution in [0.25, 0.3) is 10.9 Å². The lowest BCUT2D eigenvalue weighted by Gasteiger charge is -2.11. The van der Waals surface area contributed by atoms with Gasteiger partial charge in [-0.05, 0) is 24.5 Å². The zero-order chi connectivity index (χ0) is 15.6. The van der Waals surface area contributed by atoms with Gasteiger partial charge in [0.05, 0.1) is 11.5 Å². The average Bonchev–Trinajstić information content (AvgIpc) is 3.03. The number of hydrogen-bond acceptors (Lipinski definition) is 3. The second-order valence-corrected chi connectivity index (χ2v) is 7.84. The number of nitrogens with one attached hydrogen (secondary N) is 3. The van der Waals surface area contributed by atoms with Gasteiger partial charge >= 0.3 is 6.03 Å². The van der Waals surface area contributed by atoms with Gasteiger partial charge in [0.15, 0.2) is 9.84 Å². The van der Waals surface area contributed by atoms with E-state index in [0.29, 0.717) is 13.0 Å². The molecule has 6 nitrogen and oxygen atoms in total. The Morgan fingerprint density at radius 3 is 2.91 bits per heavy atom. The first-order valence-electron chi connectivity index (χ1n) is 7.33. The van der Waals surface area contributed by atoms with E-state index in [1.165, 1.54) is 0 Å². The van der Waals surface area contributed by atoms with E-state index in [4.69, 9.17) is 0 Å². The number of urea groups is 1. The molecule has 1 aromatic heterocycles. The number of aromatic amines is 1. The van der Waals surface area contributed by atoms with Gasteiger partial charge in [-0.3, -0.25) is 0 Å². The summed E-state index contributed by atoms with van der Waals surface area (Å²) in [5.74, 6) is 0.205. The fraction of sp³-hybridized carbons (Fsp3) is 0.400. The van der Waals surface area contributed by atoms with Crippen LogP contribution in [0, 0.1) is 0 Å². The number of fused-ring (bicyclic) bond motifs is 1. The first kappa shape index (κ1) is 14.9. The van der Waals surface area contributed by atoms with E-state index < -0.39 is 9.84 Å². The lowest BCUT2D eigenvalue weighted by molar-refractivity contribution is 0.238. The number of carbonyl (C=O) groups excluding carboxylic acids is 1. The number of para-hydroxylation sites is 1. The number of hydrogen-bond donors (Lipinski definition) is 3. The summed E-state index contributed by atoms with van der Waals surface area (Å²) in [5, 5.41) is 6.65. The fourth-order valence-electron chi connectivity index (χ4n) is 2.79. The van der Waals surface area contributed by atoms with Gasteiger partial charge in [0.2, 0.25) is 0 Å². The number of rotatable bonds is 4. The second-order valence-electron chi connectivity index (χ2n) is 5.61. The van der Waals surface area contributed by atoms with Crippen LogP contribution in [0.5, 0.6) is 0 Å². The Balaban J connectivity index is 1.48. The Kier molecular flexibility index (Phi) is 4.06. The molecule has 0 spiro atoms. The summed E-state index contributed by atoms with van der Waals surface area (Å²) in [6.45, 7) is 0.507. The predicted octanol–water partition coefficient (Wildman–Crippen LogP) is 1.20. The Hall–Kier alpha value is -2.02. The Morgan fingerprint density at radius 2 is 2.14 bits per heavy atom. The number of carbonyl (C=O) groups is 1. The van der Waals surface area contributed by atoms with Crippen molar-refractivity contribution in [2.45, 2.75) is 18.9 Å². The third kappa shape index (κ3) is 3.41. The first-order valence-corrected chi connectivity index (χ1v) is 9.15. The molecule has 1 atom stereocenters. The van der Waals surface area contributed by atoms with Gasteiger partial charge in [-0.25, -0.2) is 13.2 Å². The van der Waals surface area contributed by atoms with Crippen LogP contribution in [0.1, 0.15) is 12.0 Å². The molecular weight excluding hydrogens is 302 g/mol. The fourth-order valence-corrected chi connectivity index (χ4v) is 4.47. The van der Waals surface area contributed by atoms with Crippen molar-refractivity contribution in [1.82, 2.24) is 15.6 Å². The lowest BCUT2D eigenvalue weighted by Crippen LogP contribution is -2.43. The molecular formula is C15H19N3O3S. The van der Waals surface area contributed by atoms with Crippen molar-refractivity contribution in [2.24, 2.45) is 0 Å². The van der Waals surface area contributed by atoms with E-state index in [2.05, 4.69) is 15.6 Å². The molecule has 22 heavy (non-hydrogen) atoms. The summed E-state index contributed by atoms with van der Waals surface area (Å²) in [4.78, 5) is 15.0. The number of amides is 2. The van der Waals surface area contributed by atoms with E-state index in [9.17, 15) is 13.2 Å². The average molecular weight is 321 g/mol. The SMILES string of the molecule is O=C(NCCc1c[nH]c2ccccc12)NC1CCS(=O)(=O)C1. The highest BCUT2D eigenvalue weighted by atomic mass is 32.2. The topological polar surface area (TPSA) is 91.1 Å². The van der Waals surface area contributed by atoms with Crippen LogP contribution in [0.4, 0.5) is 4.79 Å². The smallest absolute Gasteiger partial charge is 0.315 e. The summed E-state index contributed by atoms with van der Waals surface area (Å²) < 4.78 is 22.7. The Bertz CT molecular complexity index is 782. The maximum atomic E-state index is 11.8. The third-order valence-corrected chi connectivity index (χ3v) is 5.69. The summed E-state index contributed by atoms with van der Waals surface area (Å²) in [6, 6.07) is 7.45. The summed E-state index contributed by atoms with van der Waals surface area (Å²) in [7, 11) is -2.97. The van der Waals surface area contributed by atoms with Crippen LogP contribution in [-0.2, 0) is 16.3 Å². The zero-order valence-corrected chi connectivity index (χ0v) is 12.9. The molecule has 2 amide bonds. The molecule has 2 heterocycles. The van der Waals surface area contributed by atoms with Crippen molar-refractivity contribution in [3.8, 4) is 0 Å². The second kappa shape index (κ2) is 6.00. The quantitative estimate of drug-likeness (QED) is 0.790. The summed E-state index contributed by atoms with van der Waals surface area (Å²) in [5.41, 5.74) is 2.23. The molecule has 2 aromatic rings.